The summed E-state index contributed by atoms with van der Waals surface area (Å²) in [5, 5.41) is 0. The second kappa shape index (κ2) is 6.47. The molecule has 0 aliphatic carbocycles. The molecule has 114 valence electrons. The predicted molar refractivity (Wildman–Crippen MR) is 78.1 cm³/mol. The third kappa shape index (κ3) is 3.09. The van der Waals surface area contributed by atoms with Gasteiger partial charge < -0.3 is 20.1 Å². The zero-order valence-electron chi connectivity index (χ0n) is 12.3. The molecule has 1 aromatic carbocycles. The molecule has 1 aromatic rings. The molecule has 2 N–H and O–H groups in total. The first kappa shape index (κ1) is 15.2. The van der Waals surface area contributed by atoms with Crippen LogP contribution in [0.1, 0.15) is 30.1 Å². The Balaban J connectivity index is 2.24. The average Bonchev–Trinajstić information content (AvgIpc) is 2.96. The summed E-state index contributed by atoms with van der Waals surface area (Å²) in [5.74, 6) is -0.172. The summed E-state index contributed by atoms with van der Waals surface area (Å²) in [4.78, 5) is 26.1. The number of hydrogen-bond acceptors (Lipinski definition) is 5. The van der Waals surface area contributed by atoms with E-state index in [9.17, 15) is 9.59 Å². The molecule has 0 spiro atoms. The van der Waals surface area contributed by atoms with Crippen LogP contribution in [-0.2, 0) is 9.53 Å². The molecule has 1 aliphatic heterocycles. The van der Waals surface area contributed by atoms with E-state index >= 15 is 0 Å². The monoisotopic (exact) mass is 292 g/mol. The van der Waals surface area contributed by atoms with Gasteiger partial charge in [-0.1, -0.05) is 0 Å². The zero-order valence-corrected chi connectivity index (χ0v) is 12.3. The van der Waals surface area contributed by atoms with Crippen molar-refractivity contribution >= 4 is 17.6 Å². The van der Waals surface area contributed by atoms with Gasteiger partial charge in [0.1, 0.15) is 11.8 Å². The number of anilines is 1. The number of carbonyl (C=O) groups is 2. The fraction of sp³-hybridized carbons (Fsp3) is 0.467. The number of nitrogen functional groups attached to an aromatic ring is 1. The van der Waals surface area contributed by atoms with Gasteiger partial charge in [0.15, 0.2) is 0 Å². The van der Waals surface area contributed by atoms with Crippen molar-refractivity contribution in [2.45, 2.75) is 25.8 Å². The second-order valence-corrected chi connectivity index (χ2v) is 4.87. The molecule has 21 heavy (non-hydrogen) atoms. The van der Waals surface area contributed by atoms with Gasteiger partial charge in [0.05, 0.1) is 19.3 Å². The number of benzene rings is 1. The molecule has 0 saturated carbocycles. The average molecular weight is 292 g/mol. The lowest BCUT2D eigenvalue weighted by atomic mass is 10.1. The number of hydrogen-bond donors (Lipinski definition) is 1. The van der Waals surface area contributed by atoms with E-state index in [-0.39, 0.29) is 11.9 Å². The van der Waals surface area contributed by atoms with Gasteiger partial charge in [-0.2, -0.15) is 0 Å². The van der Waals surface area contributed by atoms with E-state index < -0.39 is 6.04 Å². The van der Waals surface area contributed by atoms with E-state index in [1.807, 2.05) is 0 Å². The number of nitrogens with zero attached hydrogens (tertiary/aromatic N) is 1. The first-order valence-electron chi connectivity index (χ1n) is 6.99. The van der Waals surface area contributed by atoms with Crippen LogP contribution in [-0.4, -0.2) is 43.1 Å². The number of carbonyl (C=O) groups excluding carboxylic acids is 2. The Kier molecular flexibility index (Phi) is 4.67. The quantitative estimate of drug-likeness (QED) is 0.671. The molecule has 1 heterocycles. The molecule has 1 amide bonds. The topological polar surface area (TPSA) is 81.9 Å². The third-order valence-corrected chi connectivity index (χ3v) is 3.53. The number of amides is 1. The molecule has 0 bridgehead atoms. The molecule has 0 aromatic heterocycles. The number of nitrogens with two attached hydrogens (primary N) is 1. The zero-order chi connectivity index (χ0) is 15.4. The fourth-order valence-electron chi connectivity index (χ4n) is 2.53. The van der Waals surface area contributed by atoms with E-state index in [0.717, 1.165) is 6.42 Å². The molecule has 1 fully saturated rings. The number of rotatable bonds is 4. The summed E-state index contributed by atoms with van der Waals surface area (Å²) in [6, 6.07) is 4.35. The molecule has 1 unspecified atom stereocenters. The van der Waals surface area contributed by atoms with E-state index in [0.29, 0.717) is 36.6 Å². The lowest BCUT2D eigenvalue weighted by Crippen LogP contribution is -2.41. The lowest BCUT2D eigenvalue weighted by Gasteiger charge is -2.24. The Morgan fingerprint density at radius 3 is 2.86 bits per heavy atom. The van der Waals surface area contributed by atoms with Crippen LogP contribution in [0.25, 0.3) is 0 Å². The number of esters is 1. The van der Waals surface area contributed by atoms with Crippen LogP contribution >= 0.6 is 0 Å². The highest BCUT2D eigenvalue weighted by atomic mass is 16.5. The number of ether oxygens (including phenoxy) is 2. The molecule has 2 rings (SSSR count). The predicted octanol–water partition coefficient (Wildman–Crippen LogP) is 1.45. The Bertz CT molecular complexity index is 544. The van der Waals surface area contributed by atoms with E-state index in [2.05, 4.69) is 0 Å². The van der Waals surface area contributed by atoms with Crippen molar-refractivity contribution in [3.05, 3.63) is 23.8 Å². The van der Waals surface area contributed by atoms with Crippen molar-refractivity contribution < 1.29 is 19.1 Å². The molecule has 6 nitrogen and oxygen atoms in total. The second-order valence-electron chi connectivity index (χ2n) is 4.87. The molecule has 1 saturated heterocycles. The number of methoxy groups -OCH3 is 1. The minimum Gasteiger partial charge on any atom is -0.496 e. The summed E-state index contributed by atoms with van der Waals surface area (Å²) in [6.45, 7) is 2.60. The molecule has 1 aliphatic rings. The highest BCUT2D eigenvalue weighted by Gasteiger charge is 2.36. The summed E-state index contributed by atoms with van der Waals surface area (Å²) in [6.07, 6.45) is 1.41. The van der Waals surface area contributed by atoms with Gasteiger partial charge in [-0.15, -0.1) is 0 Å². The first-order chi connectivity index (χ1) is 10.1. The van der Waals surface area contributed by atoms with Crippen LogP contribution in [0.15, 0.2) is 18.2 Å². The van der Waals surface area contributed by atoms with Gasteiger partial charge >= 0.3 is 5.97 Å². The Morgan fingerprint density at radius 2 is 2.19 bits per heavy atom. The van der Waals surface area contributed by atoms with Crippen LogP contribution in [0.5, 0.6) is 5.75 Å². The minimum atomic E-state index is -0.514. The maximum atomic E-state index is 12.7. The highest BCUT2D eigenvalue weighted by molar-refractivity contribution is 5.99. The normalized spacial score (nSPS) is 17.6. The number of likely N-dealkylation sites (tertiary alicyclic amines) is 1. The van der Waals surface area contributed by atoms with Crippen molar-refractivity contribution in [3.8, 4) is 5.75 Å². The van der Waals surface area contributed by atoms with Crippen molar-refractivity contribution in [2.75, 3.05) is 26.0 Å². The van der Waals surface area contributed by atoms with Crippen LogP contribution in [0, 0.1) is 0 Å². The van der Waals surface area contributed by atoms with Gasteiger partial charge in [-0.25, -0.2) is 4.79 Å². The van der Waals surface area contributed by atoms with E-state index in [1.165, 1.54) is 7.11 Å². The summed E-state index contributed by atoms with van der Waals surface area (Å²) in [7, 11) is 1.48. The molecule has 1 atom stereocenters. The van der Waals surface area contributed by atoms with E-state index in [4.69, 9.17) is 15.2 Å². The van der Waals surface area contributed by atoms with Gasteiger partial charge in [-0.3, -0.25) is 4.79 Å². The highest BCUT2D eigenvalue weighted by Crippen LogP contribution is 2.27. The van der Waals surface area contributed by atoms with Gasteiger partial charge in [0, 0.05) is 18.3 Å². The van der Waals surface area contributed by atoms with Crippen LogP contribution < -0.4 is 10.5 Å². The molecular formula is C15H20N2O4. The van der Waals surface area contributed by atoms with Crippen LogP contribution in [0.2, 0.25) is 0 Å². The molecule has 0 radical (unpaired) electrons. The third-order valence-electron chi connectivity index (χ3n) is 3.53. The Hall–Kier alpha value is -2.24. The largest absolute Gasteiger partial charge is 0.496 e. The maximum Gasteiger partial charge on any atom is 0.328 e. The summed E-state index contributed by atoms with van der Waals surface area (Å²) < 4.78 is 10.2. The van der Waals surface area contributed by atoms with Crippen molar-refractivity contribution in [2.24, 2.45) is 0 Å². The summed E-state index contributed by atoms with van der Waals surface area (Å²) in [5.41, 5.74) is 6.62. The van der Waals surface area contributed by atoms with Gasteiger partial charge in [-0.05, 0) is 31.9 Å². The van der Waals surface area contributed by atoms with Gasteiger partial charge in [0.2, 0.25) is 0 Å². The molecule has 6 heteroatoms. The Labute approximate surface area is 123 Å². The first-order valence-corrected chi connectivity index (χ1v) is 6.99. The van der Waals surface area contributed by atoms with Gasteiger partial charge in [0.25, 0.3) is 5.91 Å². The molecular weight excluding hydrogens is 272 g/mol. The smallest absolute Gasteiger partial charge is 0.328 e. The van der Waals surface area contributed by atoms with Crippen molar-refractivity contribution in [1.82, 2.24) is 4.90 Å². The van der Waals surface area contributed by atoms with Crippen molar-refractivity contribution in [1.29, 1.82) is 0 Å². The standard InChI is InChI=1S/C15H20N2O4/c1-3-21-15(19)12-5-4-8-17(12)14(18)11-7-6-10(16)9-13(11)20-2/h6-7,9,12H,3-5,8,16H2,1-2H3. The summed E-state index contributed by atoms with van der Waals surface area (Å²) >= 11 is 0. The Morgan fingerprint density at radius 1 is 1.43 bits per heavy atom. The van der Waals surface area contributed by atoms with Crippen molar-refractivity contribution in [3.63, 3.8) is 0 Å². The van der Waals surface area contributed by atoms with Crippen LogP contribution in [0.3, 0.4) is 0 Å². The van der Waals surface area contributed by atoms with E-state index in [1.54, 1.807) is 30.0 Å². The fourth-order valence-corrected chi connectivity index (χ4v) is 2.53. The maximum absolute atomic E-state index is 12.7. The lowest BCUT2D eigenvalue weighted by molar-refractivity contribution is -0.147. The SMILES string of the molecule is CCOC(=O)C1CCCN1C(=O)c1ccc(N)cc1OC. The van der Waals surface area contributed by atoms with Crippen LogP contribution in [0.4, 0.5) is 5.69 Å². The minimum absolute atomic E-state index is 0.234.